The first-order valence-electron chi connectivity index (χ1n) is 13.3. The second-order valence-corrected chi connectivity index (χ2v) is 9.77. The van der Waals surface area contributed by atoms with Crippen LogP contribution in [-0.4, -0.2) is 50.4 Å². The van der Waals surface area contributed by atoms with Crippen molar-refractivity contribution < 1.29 is 19.0 Å². The molecule has 8 heteroatoms. The van der Waals surface area contributed by atoms with E-state index in [4.69, 9.17) is 4.74 Å². The van der Waals surface area contributed by atoms with E-state index < -0.39 is 0 Å². The number of imidazole rings is 1. The normalized spacial score (nSPS) is 15.1. The Morgan fingerprint density at radius 2 is 1.85 bits per heavy atom. The number of benzene rings is 3. The molecule has 0 aliphatic carbocycles. The van der Waals surface area contributed by atoms with E-state index in [0.717, 1.165) is 41.0 Å². The summed E-state index contributed by atoms with van der Waals surface area (Å²) in [5, 5.41) is 10.8. The number of aromatic amines is 1. The maximum absolute atomic E-state index is 13.4. The number of rotatable bonds is 8. The molecule has 3 aromatic carbocycles. The molecule has 1 aliphatic heterocycles. The summed E-state index contributed by atoms with van der Waals surface area (Å²) in [5.41, 5.74) is 5.70. The van der Waals surface area contributed by atoms with Crippen LogP contribution >= 0.6 is 0 Å². The number of hydrogen-bond donors (Lipinski definition) is 2. The van der Waals surface area contributed by atoms with Crippen LogP contribution in [0.25, 0.3) is 0 Å². The highest BCUT2D eigenvalue weighted by molar-refractivity contribution is 5.94. The number of aromatic nitrogens is 2. The number of ether oxygens (including phenoxy) is 1. The molecule has 1 aliphatic rings. The van der Waals surface area contributed by atoms with Crippen molar-refractivity contribution in [1.29, 1.82) is 0 Å². The van der Waals surface area contributed by atoms with Crippen LogP contribution in [0.3, 0.4) is 0 Å². The SMILES string of the molecule is CCN(CC)C(=O)c1ccc(C2c3cc(Oc4ccc(F)cc4)c(O)cc3CCN2Cc2nc[nH]c2C)cc1. The van der Waals surface area contributed by atoms with Crippen LogP contribution in [0, 0.1) is 12.7 Å². The standard InChI is InChI=1S/C31H33FN4O3/c1-4-35(5-2)31(38)22-8-6-21(7-9-22)30-26-17-29(39-25-12-10-24(32)11-13-25)28(37)16-23(26)14-15-36(30)18-27-20(3)33-19-34-27/h6-13,16-17,19,30,37H,4-5,14-15,18H2,1-3H3,(H,33,34). The molecular formula is C31H33FN4O3. The predicted octanol–water partition coefficient (Wildman–Crippen LogP) is 5.98. The highest BCUT2D eigenvalue weighted by Crippen LogP contribution is 2.42. The Morgan fingerprint density at radius 1 is 1.13 bits per heavy atom. The van der Waals surface area contributed by atoms with E-state index in [9.17, 15) is 14.3 Å². The molecule has 0 saturated heterocycles. The van der Waals surface area contributed by atoms with Crippen LogP contribution < -0.4 is 4.74 Å². The molecule has 0 fully saturated rings. The Morgan fingerprint density at radius 3 is 2.49 bits per heavy atom. The van der Waals surface area contributed by atoms with Gasteiger partial charge in [-0.1, -0.05) is 12.1 Å². The van der Waals surface area contributed by atoms with Gasteiger partial charge in [0.25, 0.3) is 5.91 Å². The minimum Gasteiger partial charge on any atom is -0.504 e. The van der Waals surface area contributed by atoms with Crippen molar-refractivity contribution >= 4 is 5.91 Å². The smallest absolute Gasteiger partial charge is 0.253 e. The van der Waals surface area contributed by atoms with Crippen molar-refractivity contribution in [2.45, 2.75) is 39.8 Å². The molecule has 1 aromatic heterocycles. The van der Waals surface area contributed by atoms with E-state index in [1.165, 1.54) is 24.3 Å². The molecule has 5 rings (SSSR count). The number of aryl methyl sites for hydroxylation is 1. The lowest BCUT2D eigenvalue weighted by Gasteiger charge is -2.38. The fourth-order valence-corrected chi connectivity index (χ4v) is 5.20. The van der Waals surface area contributed by atoms with E-state index in [-0.39, 0.29) is 23.5 Å². The average molecular weight is 529 g/mol. The first-order chi connectivity index (χ1) is 18.9. The number of fused-ring (bicyclic) bond motifs is 1. The van der Waals surface area contributed by atoms with Crippen molar-refractivity contribution in [3.63, 3.8) is 0 Å². The Hall–Kier alpha value is -4.17. The number of aromatic hydroxyl groups is 1. The fraction of sp³-hybridized carbons (Fsp3) is 0.290. The minimum atomic E-state index is -0.357. The first-order valence-corrected chi connectivity index (χ1v) is 13.3. The fourth-order valence-electron chi connectivity index (χ4n) is 5.20. The summed E-state index contributed by atoms with van der Waals surface area (Å²) >= 11 is 0. The number of carbonyl (C=O) groups is 1. The predicted molar refractivity (Wildman–Crippen MR) is 148 cm³/mol. The third-order valence-electron chi connectivity index (χ3n) is 7.40. The molecule has 2 heterocycles. The molecule has 0 bridgehead atoms. The van der Waals surface area contributed by atoms with Gasteiger partial charge in [-0.05, 0) is 92.4 Å². The molecule has 1 unspecified atom stereocenters. The molecule has 0 spiro atoms. The summed E-state index contributed by atoms with van der Waals surface area (Å²) in [7, 11) is 0. The number of nitrogens with one attached hydrogen (secondary N) is 1. The lowest BCUT2D eigenvalue weighted by atomic mass is 9.87. The van der Waals surface area contributed by atoms with Gasteiger partial charge in [0.1, 0.15) is 11.6 Å². The Balaban J connectivity index is 1.54. The van der Waals surface area contributed by atoms with Crippen LogP contribution in [0.5, 0.6) is 17.2 Å². The van der Waals surface area contributed by atoms with Gasteiger partial charge in [0, 0.05) is 37.4 Å². The quantitative estimate of drug-likeness (QED) is 0.294. The summed E-state index contributed by atoms with van der Waals surface area (Å²) in [6.07, 6.45) is 2.45. The Labute approximate surface area is 227 Å². The van der Waals surface area contributed by atoms with E-state index >= 15 is 0 Å². The third kappa shape index (κ3) is 5.52. The summed E-state index contributed by atoms with van der Waals surface area (Å²) in [6, 6.07) is 17.0. The number of carbonyl (C=O) groups excluding carboxylic acids is 1. The van der Waals surface area contributed by atoms with Gasteiger partial charge in [0.05, 0.1) is 18.1 Å². The zero-order valence-corrected chi connectivity index (χ0v) is 22.4. The highest BCUT2D eigenvalue weighted by atomic mass is 19.1. The van der Waals surface area contributed by atoms with Gasteiger partial charge < -0.3 is 19.7 Å². The third-order valence-corrected chi connectivity index (χ3v) is 7.40. The second kappa shape index (κ2) is 11.3. The molecule has 1 atom stereocenters. The molecular weight excluding hydrogens is 495 g/mol. The van der Waals surface area contributed by atoms with Gasteiger partial charge in [-0.3, -0.25) is 9.69 Å². The maximum Gasteiger partial charge on any atom is 0.253 e. The number of nitrogens with zero attached hydrogens (tertiary/aromatic N) is 3. The maximum atomic E-state index is 13.4. The molecule has 2 N–H and O–H groups in total. The topological polar surface area (TPSA) is 81.7 Å². The number of phenolic OH excluding ortho intramolecular Hbond substituents is 1. The zero-order valence-electron chi connectivity index (χ0n) is 22.4. The summed E-state index contributed by atoms with van der Waals surface area (Å²) in [5.74, 6) is 0.427. The molecule has 1 amide bonds. The van der Waals surface area contributed by atoms with Gasteiger partial charge in [-0.15, -0.1) is 0 Å². The van der Waals surface area contributed by atoms with E-state index in [1.807, 2.05) is 51.1 Å². The average Bonchev–Trinajstić information content (AvgIpc) is 3.35. The lowest BCUT2D eigenvalue weighted by Crippen LogP contribution is -2.36. The highest BCUT2D eigenvalue weighted by Gasteiger charge is 2.31. The number of phenols is 1. The van der Waals surface area contributed by atoms with Crippen LogP contribution in [0.1, 0.15) is 58.3 Å². The number of H-pyrrole nitrogens is 1. The number of halogens is 1. The van der Waals surface area contributed by atoms with Crippen LogP contribution in [0.4, 0.5) is 4.39 Å². The monoisotopic (exact) mass is 528 g/mol. The van der Waals surface area contributed by atoms with Gasteiger partial charge in [-0.25, -0.2) is 9.37 Å². The number of amides is 1. The van der Waals surface area contributed by atoms with Gasteiger partial charge in [0.15, 0.2) is 11.5 Å². The molecule has 4 aromatic rings. The van der Waals surface area contributed by atoms with E-state index in [2.05, 4.69) is 14.9 Å². The zero-order chi connectivity index (χ0) is 27.5. The first kappa shape index (κ1) is 26.4. The molecule has 0 saturated carbocycles. The van der Waals surface area contributed by atoms with Crippen molar-refractivity contribution in [3.8, 4) is 17.2 Å². The summed E-state index contributed by atoms with van der Waals surface area (Å²) in [6.45, 7) is 8.68. The molecule has 0 radical (unpaired) electrons. The molecule has 202 valence electrons. The Kier molecular flexibility index (Phi) is 7.65. The lowest BCUT2D eigenvalue weighted by molar-refractivity contribution is 0.0773. The minimum absolute atomic E-state index is 0.0134. The van der Waals surface area contributed by atoms with Gasteiger partial charge in [0.2, 0.25) is 0 Å². The summed E-state index contributed by atoms with van der Waals surface area (Å²) in [4.78, 5) is 24.8. The van der Waals surface area contributed by atoms with Gasteiger partial charge >= 0.3 is 0 Å². The second-order valence-electron chi connectivity index (χ2n) is 9.77. The molecule has 7 nitrogen and oxygen atoms in total. The van der Waals surface area contributed by atoms with Crippen molar-refractivity contribution in [1.82, 2.24) is 19.8 Å². The summed E-state index contributed by atoms with van der Waals surface area (Å²) < 4.78 is 19.4. The van der Waals surface area contributed by atoms with Crippen molar-refractivity contribution in [3.05, 3.63) is 106 Å². The van der Waals surface area contributed by atoms with Crippen LogP contribution in [-0.2, 0) is 13.0 Å². The largest absolute Gasteiger partial charge is 0.504 e. The van der Waals surface area contributed by atoms with Gasteiger partial charge in [-0.2, -0.15) is 0 Å². The van der Waals surface area contributed by atoms with Crippen LogP contribution in [0.2, 0.25) is 0 Å². The molecule has 39 heavy (non-hydrogen) atoms. The Bertz CT molecular complexity index is 1450. The van der Waals surface area contributed by atoms with E-state index in [0.29, 0.717) is 36.7 Å². The van der Waals surface area contributed by atoms with Crippen molar-refractivity contribution in [2.24, 2.45) is 0 Å². The van der Waals surface area contributed by atoms with Crippen molar-refractivity contribution in [2.75, 3.05) is 19.6 Å². The number of hydrogen-bond acceptors (Lipinski definition) is 5. The van der Waals surface area contributed by atoms with Crippen LogP contribution in [0.15, 0.2) is 67.0 Å². The van der Waals surface area contributed by atoms with E-state index in [1.54, 1.807) is 17.3 Å².